The minimum atomic E-state index is -0.622. The van der Waals surface area contributed by atoms with Crippen LogP contribution in [-0.4, -0.2) is 18.8 Å². The van der Waals surface area contributed by atoms with Gasteiger partial charge in [-0.05, 0) is 48.2 Å². The third-order valence-corrected chi connectivity index (χ3v) is 3.99. The van der Waals surface area contributed by atoms with Crippen LogP contribution in [0.4, 0.5) is 0 Å². The summed E-state index contributed by atoms with van der Waals surface area (Å²) >= 11 is 0. The van der Waals surface area contributed by atoms with E-state index >= 15 is 0 Å². The zero-order chi connectivity index (χ0) is 15.4. The molecule has 112 valence electrons. The Morgan fingerprint density at radius 3 is 2.29 bits per heavy atom. The molecule has 2 aromatic carbocycles. The third-order valence-electron chi connectivity index (χ3n) is 3.99. The van der Waals surface area contributed by atoms with E-state index in [2.05, 4.69) is 0 Å². The van der Waals surface area contributed by atoms with Gasteiger partial charge >= 0.3 is 0 Å². The Morgan fingerprint density at radius 2 is 1.71 bits per heavy atom. The number of aliphatic hydroxyl groups excluding tert-OH is 1. The molecule has 2 unspecified atom stereocenters. The smallest absolute Gasteiger partial charge is 0.119 e. The SMILES string of the molecule is COc1cccc(C(CN)C(O)c2c(C)cccc2C)c1. The van der Waals surface area contributed by atoms with Crippen LogP contribution in [0.5, 0.6) is 5.75 Å². The topological polar surface area (TPSA) is 55.5 Å². The van der Waals surface area contributed by atoms with E-state index in [9.17, 15) is 5.11 Å². The Hall–Kier alpha value is -1.84. The van der Waals surface area contributed by atoms with Crippen molar-refractivity contribution < 1.29 is 9.84 Å². The van der Waals surface area contributed by atoms with Gasteiger partial charge < -0.3 is 15.6 Å². The molecule has 3 nitrogen and oxygen atoms in total. The van der Waals surface area contributed by atoms with Gasteiger partial charge in [0.25, 0.3) is 0 Å². The van der Waals surface area contributed by atoms with Crippen LogP contribution in [0.2, 0.25) is 0 Å². The average molecular weight is 285 g/mol. The fraction of sp³-hybridized carbons (Fsp3) is 0.333. The highest BCUT2D eigenvalue weighted by atomic mass is 16.5. The lowest BCUT2D eigenvalue weighted by molar-refractivity contribution is 0.146. The summed E-state index contributed by atoms with van der Waals surface area (Å²) in [5.74, 6) is 0.625. The lowest BCUT2D eigenvalue weighted by Gasteiger charge is -2.25. The molecular weight excluding hydrogens is 262 g/mol. The highest BCUT2D eigenvalue weighted by molar-refractivity contribution is 5.39. The zero-order valence-electron chi connectivity index (χ0n) is 12.8. The summed E-state index contributed by atoms with van der Waals surface area (Å²) in [6.07, 6.45) is -0.622. The molecule has 0 spiro atoms. The maximum absolute atomic E-state index is 10.8. The normalized spacial score (nSPS) is 13.8. The average Bonchev–Trinajstić information content (AvgIpc) is 2.48. The maximum Gasteiger partial charge on any atom is 0.119 e. The molecule has 0 heterocycles. The first-order valence-electron chi connectivity index (χ1n) is 7.16. The number of hydrogen-bond acceptors (Lipinski definition) is 3. The summed E-state index contributed by atoms with van der Waals surface area (Å²) in [6, 6.07) is 13.8. The van der Waals surface area contributed by atoms with Gasteiger partial charge in [-0.2, -0.15) is 0 Å². The lowest BCUT2D eigenvalue weighted by atomic mass is 9.85. The second kappa shape index (κ2) is 6.74. The van der Waals surface area contributed by atoms with Crippen molar-refractivity contribution in [1.29, 1.82) is 0 Å². The van der Waals surface area contributed by atoms with E-state index in [0.717, 1.165) is 28.0 Å². The maximum atomic E-state index is 10.8. The molecule has 0 radical (unpaired) electrons. The van der Waals surface area contributed by atoms with Crippen molar-refractivity contribution in [3.05, 3.63) is 64.7 Å². The Balaban J connectivity index is 2.40. The quantitative estimate of drug-likeness (QED) is 0.887. The number of aliphatic hydroxyl groups is 1. The predicted octanol–water partition coefficient (Wildman–Crippen LogP) is 3.09. The standard InChI is InChI=1S/C18H23NO2/c1-12-6-4-7-13(2)17(12)18(20)16(11-19)14-8-5-9-15(10-14)21-3/h4-10,16,18,20H,11,19H2,1-3H3. The van der Waals surface area contributed by atoms with Crippen molar-refractivity contribution in [3.8, 4) is 5.75 Å². The molecule has 2 atom stereocenters. The van der Waals surface area contributed by atoms with E-state index in [0.29, 0.717) is 6.54 Å². The van der Waals surface area contributed by atoms with Crippen LogP contribution in [0.3, 0.4) is 0 Å². The number of methoxy groups -OCH3 is 1. The number of benzene rings is 2. The van der Waals surface area contributed by atoms with Crippen LogP contribution < -0.4 is 10.5 Å². The fourth-order valence-electron chi connectivity index (χ4n) is 2.81. The second-order valence-corrected chi connectivity index (χ2v) is 5.37. The molecule has 2 aromatic rings. The van der Waals surface area contributed by atoms with Crippen LogP contribution in [0, 0.1) is 13.8 Å². The number of hydrogen-bond donors (Lipinski definition) is 2. The van der Waals surface area contributed by atoms with Crippen LogP contribution in [0.1, 0.15) is 34.3 Å². The van der Waals surface area contributed by atoms with Crippen LogP contribution in [0.25, 0.3) is 0 Å². The molecule has 0 amide bonds. The van der Waals surface area contributed by atoms with Gasteiger partial charge in [0.1, 0.15) is 5.75 Å². The highest BCUT2D eigenvalue weighted by Gasteiger charge is 2.24. The third kappa shape index (κ3) is 3.26. The molecule has 0 saturated heterocycles. The lowest BCUT2D eigenvalue weighted by Crippen LogP contribution is -2.21. The van der Waals surface area contributed by atoms with Crippen molar-refractivity contribution >= 4 is 0 Å². The molecular formula is C18H23NO2. The molecule has 3 N–H and O–H groups in total. The summed E-state index contributed by atoms with van der Waals surface area (Å²) in [6.45, 7) is 4.41. The van der Waals surface area contributed by atoms with Gasteiger partial charge in [0.05, 0.1) is 13.2 Å². The molecule has 3 heteroatoms. The summed E-state index contributed by atoms with van der Waals surface area (Å²) in [7, 11) is 1.64. The largest absolute Gasteiger partial charge is 0.497 e. The molecule has 21 heavy (non-hydrogen) atoms. The van der Waals surface area contributed by atoms with Gasteiger partial charge in [0, 0.05) is 12.5 Å². The minimum absolute atomic E-state index is 0.153. The number of nitrogens with two attached hydrogens (primary N) is 1. The van der Waals surface area contributed by atoms with E-state index in [1.165, 1.54) is 0 Å². The van der Waals surface area contributed by atoms with E-state index in [1.807, 2.05) is 56.3 Å². The first-order chi connectivity index (χ1) is 10.1. The molecule has 0 aliphatic heterocycles. The number of rotatable bonds is 5. The molecule has 0 saturated carbocycles. The van der Waals surface area contributed by atoms with Gasteiger partial charge in [-0.25, -0.2) is 0 Å². The monoisotopic (exact) mass is 285 g/mol. The van der Waals surface area contributed by atoms with Gasteiger partial charge in [0.2, 0.25) is 0 Å². The Morgan fingerprint density at radius 1 is 1.10 bits per heavy atom. The van der Waals surface area contributed by atoms with E-state index in [1.54, 1.807) is 7.11 Å². The van der Waals surface area contributed by atoms with Gasteiger partial charge in [-0.3, -0.25) is 0 Å². The number of aryl methyl sites for hydroxylation is 2. The summed E-state index contributed by atoms with van der Waals surface area (Å²) in [5.41, 5.74) is 10.1. The highest BCUT2D eigenvalue weighted by Crippen LogP contribution is 2.34. The Kier molecular flexibility index (Phi) is 4.99. The molecule has 0 aromatic heterocycles. The second-order valence-electron chi connectivity index (χ2n) is 5.37. The van der Waals surface area contributed by atoms with Gasteiger partial charge in [-0.1, -0.05) is 30.3 Å². The summed E-state index contributed by atoms with van der Waals surface area (Å²) in [4.78, 5) is 0. The predicted molar refractivity (Wildman–Crippen MR) is 85.7 cm³/mol. The summed E-state index contributed by atoms with van der Waals surface area (Å²) in [5, 5.41) is 10.8. The van der Waals surface area contributed by atoms with E-state index in [-0.39, 0.29) is 5.92 Å². The van der Waals surface area contributed by atoms with E-state index < -0.39 is 6.10 Å². The van der Waals surface area contributed by atoms with E-state index in [4.69, 9.17) is 10.5 Å². The van der Waals surface area contributed by atoms with Crippen molar-refractivity contribution in [3.63, 3.8) is 0 Å². The molecule has 2 rings (SSSR count). The first-order valence-corrected chi connectivity index (χ1v) is 7.16. The van der Waals surface area contributed by atoms with Crippen molar-refractivity contribution in [2.75, 3.05) is 13.7 Å². The molecule has 0 bridgehead atoms. The molecule has 0 aliphatic carbocycles. The van der Waals surface area contributed by atoms with Gasteiger partial charge in [0.15, 0.2) is 0 Å². The van der Waals surface area contributed by atoms with Crippen molar-refractivity contribution in [1.82, 2.24) is 0 Å². The minimum Gasteiger partial charge on any atom is -0.497 e. The Bertz CT molecular complexity index is 590. The van der Waals surface area contributed by atoms with Crippen molar-refractivity contribution in [2.45, 2.75) is 25.9 Å². The molecule has 0 aliphatic rings. The summed E-state index contributed by atoms with van der Waals surface area (Å²) < 4.78 is 5.26. The number of ether oxygens (including phenoxy) is 1. The van der Waals surface area contributed by atoms with Crippen LogP contribution >= 0.6 is 0 Å². The van der Waals surface area contributed by atoms with Crippen molar-refractivity contribution in [2.24, 2.45) is 5.73 Å². The fourth-order valence-corrected chi connectivity index (χ4v) is 2.81. The van der Waals surface area contributed by atoms with Gasteiger partial charge in [-0.15, -0.1) is 0 Å². The zero-order valence-corrected chi connectivity index (χ0v) is 12.8. The molecule has 0 fully saturated rings. The first kappa shape index (κ1) is 15.5. The Labute approximate surface area is 126 Å². The van der Waals surface area contributed by atoms with Crippen LogP contribution in [-0.2, 0) is 0 Å². The van der Waals surface area contributed by atoms with Crippen LogP contribution in [0.15, 0.2) is 42.5 Å².